The number of carbonyl (C=O) groups is 2. The number of piperidine rings is 1. The van der Waals surface area contributed by atoms with E-state index in [1.165, 1.54) is 0 Å². The molecule has 2 rings (SSSR count). The second kappa shape index (κ2) is 4.39. The van der Waals surface area contributed by atoms with E-state index in [1.807, 2.05) is 0 Å². The normalized spacial score (nSPS) is 28.0. The van der Waals surface area contributed by atoms with E-state index in [9.17, 15) is 9.59 Å². The first-order valence-corrected chi connectivity index (χ1v) is 5.57. The van der Waals surface area contributed by atoms with Crippen molar-refractivity contribution in [3.8, 4) is 0 Å². The number of carboxylic acid groups (broad SMARTS) is 1. The number of hydrogen-bond acceptors (Lipinski definition) is 4. The molecule has 0 aromatic rings. The Labute approximate surface area is 93.8 Å². The lowest BCUT2D eigenvalue weighted by atomic mass is 9.86. The van der Waals surface area contributed by atoms with Crippen LogP contribution in [0.5, 0.6) is 0 Å². The van der Waals surface area contributed by atoms with E-state index in [4.69, 9.17) is 5.11 Å². The van der Waals surface area contributed by atoms with Crippen molar-refractivity contribution in [3.05, 3.63) is 0 Å². The molecule has 90 valence electrons. The summed E-state index contributed by atoms with van der Waals surface area (Å²) >= 11 is 0. The Bertz CT molecular complexity index is 292. The minimum absolute atomic E-state index is 0.0806. The smallest absolute Gasteiger partial charge is 0.305 e. The Hall–Kier alpha value is -1.14. The van der Waals surface area contributed by atoms with Gasteiger partial charge in [0.25, 0.3) is 0 Å². The number of hydrogen-bond donors (Lipinski definition) is 4. The number of carbonyl (C=O) groups excluding carboxylic acids is 1. The van der Waals surface area contributed by atoms with Crippen LogP contribution in [0.2, 0.25) is 0 Å². The van der Waals surface area contributed by atoms with E-state index in [1.54, 1.807) is 0 Å². The van der Waals surface area contributed by atoms with Crippen LogP contribution in [-0.4, -0.2) is 48.2 Å². The van der Waals surface area contributed by atoms with Crippen LogP contribution >= 0.6 is 0 Å². The van der Waals surface area contributed by atoms with Crippen molar-refractivity contribution in [2.24, 2.45) is 0 Å². The van der Waals surface area contributed by atoms with Crippen molar-refractivity contribution >= 4 is 11.9 Å². The van der Waals surface area contributed by atoms with Gasteiger partial charge in [-0.25, -0.2) is 0 Å². The highest BCUT2D eigenvalue weighted by Gasteiger charge is 2.40. The van der Waals surface area contributed by atoms with Gasteiger partial charge in [-0.3, -0.25) is 9.59 Å². The molecule has 0 saturated carbocycles. The molecule has 2 aliphatic heterocycles. The first-order chi connectivity index (χ1) is 7.60. The third-order valence-electron chi connectivity index (χ3n) is 3.19. The van der Waals surface area contributed by atoms with E-state index < -0.39 is 5.97 Å². The van der Waals surface area contributed by atoms with Crippen molar-refractivity contribution in [2.45, 2.75) is 30.8 Å². The average molecular weight is 227 g/mol. The van der Waals surface area contributed by atoms with E-state index in [2.05, 4.69) is 16.0 Å². The summed E-state index contributed by atoms with van der Waals surface area (Å²) in [4.78, 5) is 21.8. The van der Waals surface area contributed by atoms with Crippen LogP contribution < -0.4 is 16.0 Å². The van der Waals surface area contributed by atoms with Crippen LogP contribution in [0.1, 0.15) is 19.3 Å². The van der Waals surface area contributed by atoms with Gasteiger partial charge in [0.05, 0.1) is 12.0 Å². The Morgan fingerprint density at radius 1 is 1.56 bits per heavy atom. The molecule has 2 heterocycles. The van der Waals surface area contributed by atoms with Crippen LogP contribution in [-0.2, 0) is 9.59 Å². The largest absolute Gasteiger partial charge is 0.481 e. The standard InChI is InChI=1S/C10H17N3O3/c14-8-2-1-7(4-12-8)13-10(3-9(15)16)5-11-6-10/h7,11,13H,1-6H2,(H,12,14)(H,15,16). The highest BCUT2D eigenvalue weighted by atomic mass is 16.4. The van der Waals surface area contributed by atoms with Crippen LogP contribution in [0.4, 0.5) is 0 Å². The maximum absolute atomic E-state index is 11.0. The summed E-state index contributed by atoms with van der Waals surface area (Å²) in [5.74, 6) is -0.703. The zero-order valence-electron chi connectivity index (χ0n) is 9.08. The molecule has 0 aromatic carbocycles. The average Bonchev–Trinajstić information content (AvgIpc) is 2.17. The predicted molar refractivity (Wildman–Crippen MR) is 57.0 cm³/mol. The molecule has 2 saturated heterocycles. The monoisotopic (exact) mass is 227 g/mol. The third-order valence-corrected chi connectivity index (χ3v) is 3.19. The fourth-order valence-electron chi connectivity index (χ4n) is 2.28. The van der Waals surface area contributed by atoms with Gasteiger partial charge in [-0.1, -0.05) is 0 Å². The van der Waals surface area contributed by atoms with Crippen LogP contribution in [0.15, 0.2) is 0 Å². The lowest BCUT2D eigenvalue weighted by molar-refractivity contribution is -0.139. The SMILES string of the molecule is O=C(O)CC1(NC2CCC(=O)NC2)CNC1. The molecule has 0 aliphatic carbocycles. The molecule has 1 unspecified atom stereocenters. The maximum atomic E-state index is 11.0. The van der Waals surface area contributed by atoms with Gasteiger partial charge < -0.3 is 21.1 Å². The van der Waals surface area contributed by atoms with E-state index in [-0.39, 0.29) is 23.9 Å². The molecule has 0 spiro atoms. The number of rotatable bonds is 4. The number of nitrogens with one attached hydrogen (secondary N) is 3. The van der Waals surface area contributed by atoms with E-state index >= 15 is 0 Å². The fourth-order valence-corrected chi connectivity index (χ4v) is 2.28. The van der Waals surface area contributed by atoms with Gasteiger partial charge >= 0.3 is 5.97 Å². The number of carboxylic acids is 1. The summed E-state index contributed by atoms with van der Waals surface area (Å²) in [5.41, 5.74) is -0.321. The molecule has 6 nitrogen and oxygen atoms in total. The molecule has 2 fully saturated rings. The molecule has 0 aromatic heterocycles. The topological polar surface area (TPSA) is 90.5 Å². The van der Waals surface area contributed by atoms with Crippen LogP contribution in [0, 0.1) is 0 Å². The first-order valence-electron chi connectivity index (χ1n) is 5.57. The summed E-state index contributed by atoms with van der Waals surface area (Å²) in [6.07, 6.45) is 1.44. The van der Waals surface area contributed by atoms with Gasteiger partial charge in [-0.2, -0.15) is 0 Å². The van der Waals surface area contributed by atoms with Crippen molar-refractivity contribution in [1.29, 1.82) is 0 Å². The lowest BCUT2D eigenvalue weighted by Crippen LogP contribution is -2.71. The van der Waals surface area contributed by atoms with E-state index in [0.717, 1.165) is 6.42 Å². The molecule has 1 atom stereocenters. The van der Waals surface area contributed by atoms with Gasteiger partial charge in [0.15, 0.2) is 0 Å². The van der Waals surface area contributed by atoms with Gasteiger partial charge in [0.2, 0.25) is 5.91 Å². The Morgan fingerprint density at radius 2 is 2.31 bits per heavy atom. The molecule has 6 heteroatoms. The third kappa shape index (κ3) is 2.51. The zero-order chi connectivity index (χ0) is 11.6. The van der Waals surface area contributed by atoms with Crippen LogP contribution in [0.25, 0.3) is 0 Å². The summed E-state index contributed by atoms with van der Waals surface area (Å²) in [5, 5.41) is 18.1. The molecule has 0 bridgehead atoms. The van der Waals surface area contributed by atoms with Crippen molar-refractivity contribution in [3.63, 3.8) is 0 Å². The van der Waals surface area contributed by atoms with E-state index in [0.29, 0.717) is 26.1 Å². The number of aliphatic carboxylic acids is 1. The summed E-state index contributed by atoms with van der Waals surface area (Å²) in [6, 6.07) is 0.194. The van der Waals surface area contributed by atoms with Gasteiger partial charge in [-0.05, 0) is 6.42 Å². The second-order valence-electron chi connectivity index (χ2n) is 4.64. The minimum atomic E-state index is -0.783. The maximum Gasteiger partial charge on any atom is 0.305 e. The highest BCUT2D eigenvalue weighted by Crippen LogP contribution is 2.18. The first kappa shape index (κ1) is 11.3. The summed E-state index contributed by atoms with van der Waals surface area (Å²) in [7, 11) is 0. The lowest BCUT2D eigenvalue weighted by Gasteiger charge is -2.45. The quantitative estimate of drug-likeness (QED) is 0.478. The molecule has 16 heavy (non-hydrogen) atoms. The second-order valence-corrected chi connectivity index (χ2v) is 4.64. The molecular weight excluding hydrogens is 210 g/mol. The summed E-state index contributed by atoms with van der Waals surface area (Å²) in [6.45, 7) is 1.97. The van der Waals surface area contributed by atoms with Crippen molar-refractivity contribution in [1.82, 2.24) is 16.0 Å². The van der Waals surface area contributed by atoms with Crippen molar-refractivity contribution < 1.29 is 14.7 Å². The molecule has 0 radical (unpaired) electrons. The van der Waals surface area contributed by atoms with Gasteiger partial charge in [0, 0.05) is 32.1 Å². The highest BCUT2D eigenvalue weighted by molar-refractivity contribution is 5.76. The molecule has 2 aliphatic rings. The van der Waals surface area contributed by atoms with Gasteiger partial charge in [-0.15, -0.1) is 0 Å². The zero-order valence-corrected chi connectivity index (χ0v) is 9.08. The Morgan fingerprint density at radius 3 is 2.75 bits per heavy atom. The summed E-state index contributed by atoms with van der Waals surface area (Å²) < 4.78 is 0. The Balaban J connectivity index is 1.86. The molecule has 4 N–H and O–H groups in total. The minimum Gasteiger partial charge on any atom is -0.481 e. The Kier molecular flexibility index (Phi) is 3.11. The van der Waals surface area contributed by atoms with Crippen molar-refractivity contribution in [2.75, 3.05) is 19.6 Å². The molecular formula is C10H17N3O3. The fraction of sp³-hybridized carbons (Fsp3) is 0.800. The van der Waals surface area contributed by atoms with Crippen LogP contribution in [0.3, 0.4) is 0 Å². The number of amides is 1. The predicted octanol–water partition coefficient (Wildman–Crippen LogP) is -1.33. The van der Waals surface area contributed by atoms with Gasteiger partial charge in [0.1, 0.15) is 0 Å². The molecule has 1 amide bonds.